The third kappa shape index (κ3) is 2.31. The first-order valence-electron chi connectivity index (χ1n) is 7.21. The molecule has 2 aromatic rings. The van der Waals surface area contributed by atoms with Crippen LogP contribution in [0.5, 0.6) is 0 Å². The van der Waals surface area contributed by atoms with E-state index < -0.39 is 0 Å². The summed E-state index contributed by atoms with van der Waals surface area (Å²) in [7, 11) is 0. The SMILES string of the molecule is CC(N)c1ccccc1-c1ccccc1C1CCC1. The van der Waals surface area contributed by atoms with E-state index >= 15 is 0 Å². The van der Waals surface area contributed by atoms with E-state index in [2.05, 4.69) is 55.5 Å². The Morgan fingerprint density at radius 3 is 2.21 bits per heavy atom. The van der Waals surface area contributed by atoms with Crippen LogP contribution in [0.25, 0.3) is 11.1 Å². The molecule has 0 bridgehead atoms. The predicted octanol–water partition coefficient (Wildman–Crippen LogP) is 4.64. The number of benzene rings is 2. The second kappa shape index (κ2) is 5.18. The van der Waals surface area contributed by atoms with Gasteiger partial charge in [-0.15, -0.1) is 0 Å². The van der Waals surface area contributed by atoms with Crippen molar-refractivity contribution in [1.29, 1.82) is 0 Å². The van der Waals surface area contributed by atoms with Crippen molar-refractivity contribution in [2.45, 2.75) is 38.1 Å². The van der Waals surface area contributed by atoms with Gasteiger partial charge in [-0.3, -0.25) is 0 Å². The second-order valence-electron chi connectivity index (χ2n) is 5.59. The largest absolute Gasteiger partial charge is 0.324 e. The summed E-state index contributed by atoms with van der Waals surface area (Å²) in [6, 6.07) is 17.4. The van der Waals surface area contributed by atoms with Gasteiger partial charge in [0.2, 0.25) is 0 Å². The lowest BCUT2D eigenvalue weighted by molar-refractivity contribution is 0.420. The molecule has 0 spiro atoms. The molecule has 1 fully saturated rings. The molecule has 19 heavy (non-hydrogen) atoms. The van der Waals surface area contributed by atoms with Crippen molar-refractivity contribution < 1.29 is 0 Å². The van der Waals surface area contributed by atoms with E-state index in [9.17, 15) is 0 Å². The molecule has 0 heterocycles. The Bertz CT molecular complexity index is 567. The maximum Gasteiger partial charge on any atom is 0.0272 e. The topological polar surface area (TPSA) is 26.0 Å². The quantitative estimate of drug-likeness (QED) is 0.845. The van der Waals surface area contributed by atoms with Crippen LogP contribution in [0.15, 0.2) is 48.5 Å². The standard InChI is InChI=1S/C18H21N/c1-13(19)15-9-2-4-11-17(15)18-12-5-3-10-16(18)14-7-6-8-14/h2-5,9-14H,6-8,19H2,1H3. The van der Waals surface area contributed by atoms with Crippen LogP contribution in [0.3, 0.4) is 0 Å². The first-order valence-corrected chi connectivity index (χ1v) is 7.21. The van der Waals surface area contributed by atoms with Crippen LogP contribution in [0.2, 0.25) is 0 Å². The average Bonchev–Trinajstić information content (AvgIpc) is 2.37. The lowest BCUT2D eigenvalue weighted by Crippen LogP contribution is -2.11. The monoisotopic (exact) mass is 251 g/mol. The first kappa shape index (κ1) is 12.4. The highest BCUT2D eigenvalue weighted by atomic mass is 14.6. The molecule has 1 heteroatoms. The molecule has 0 amide bonds. The highest BCUT2D eigenvalue weighted by Gasteiger charge is 2.23. The van der Waals surface area contributed by atoms with E-state index in [1.807, 2.05) is 0 Å². The molecule has 1 aliphatic rings. The van der Waals surface area contributed by atoms with Crippen molar-refractivity contribution in [1.82, 2.24) is 0 Å². The fraction of sp³-hybridized carbons (Fsp3) is 0.333. The number of hydrogen-bond donors (Lipinski definition) is 1. The van der Waals surface area contributed by atoms with E-state index in [1.165, 1.54) is 41.5 Å². The average molecular weight is 251 g/mol. The van der Waals surface area contributed by atoms with Crippen LogP contribution in [0.4, 0.5) is 0 Å². The molecule has 1 atom stereocenters. The van der Waals surface area contributed by atoms with Gasteiger partial charge in [0.15, 0.2) is 0 Å². The summed E-state index contributed by atoms with van der Waals surface area (Å²) in [5, 5.41) is 0. The Labute approximate surface area is 115 Å². The van der Waals surface area contributed by atoms with E-state index in [4.69, 9.17) is 5.73 Å². The van der Waals surface area contributed by atoms with E-state index in [-0.39, 0.29) is 6.04 Å². The fourth-order valence-corrected chi connectivity index (χ4v) is 2.96. The van der Waals surface area contributed by atoms with Gasteiger partial charge in [0, 0.05) is 6.04 Å². The molecule has 0 radical (unpaired) electrons. The van der Waals surface area contributed by atoms with Gasteiger partial charge >= 0.3 is 0 Å². The van der Waals surface area contributed by atoms with E-state index in [0.29, 0.717) is 0 Å². The Morgan fingerprint density at radius 2 is 1.58 bits per heavy atom. The third-order valence-corrected chi connectivity index (χ3v) is 4.25. The van der Waals surface area contributed by atoms with Gasteiger partial charge in [-0.25, -0.2) is 0 Å². The van der Waals surface area contributed by atoms with Crippen molar-refractivity contribution in [3.63, 3.8) is 0 Å². The summed E-state index contributed by atoms with van der Waals surface area (Å²) in [4.78, 5) is 0. The molecule has 2 aromatic carbocycles. The zero-order chi connectivity index (χ0) is 13.2. The normalized spacial score (nSPS) is 16.9. The van der Waals surface area contributed by atoms with Crippen LogP contribution in [0.1, 0.15) is 49.3 Å². The Kier molecular flexibility index (Phi) is 3.39. The van der Waals surface area contributed by atoms with Crippen LogP contribution in [-0.4, -0.2) is 0 Å². The molecule has 1 nitrogen and oxygen atoms in total. The van der Waals surface area contributed by atoms with E-state index in [0.717, 1.165) is 5.92 Å². The molecular weight excluding hydrogens is 230 g/mol. The van der Waals surface area contributed by atoms with Crippen molar-refractivity contribution >= 4 is 0 Å². The maximum atomic E-state index is 6.12. The zero-order valence-electron chi connectivity index (χ0n) is 11.5. The van der Waals surface area contributed by atoms with Crippen LogP contribution in [0, 0.1) is 0 Å². The minimum absolute atomic E-state index is 0.0747. The second-order valence-corrected chi connectivity index (χ2v) is 5.59. The van der Waals surface area contributed by atoms with Gasteiger partial charge in [-0.05, 0) is 47.9 Å². The van der Waals surface area contributed by atoms with Crippen LogP contribution in [-0.2, 0) is 0 Å². The predicted molar refractivity (Wildman–Crippen MR) is 81.1 cm³/mol. The Hall–Kier alpha value is -1.60. The van der Waals surface area contributed by atoms with E-state index in [1.54, 1.807) is 0 Å². The van der Waals surface area contributed by atoms with Gasteiger partial charge < -0.3 is 5.73 Å². The molecule has 1 saturated carbocycles. The van der Waals surface area contributed by atoms with Crippen molar-refractivity contribution in [3.8, 4) is 11.1 Å². The van der Waals surface area contributed by atoms with Gasteiger partial charge in [0.1, 0.15) is 0 Å². The van der Waals surface area contributed by atoms with Gasteiger partial charge in [-0.1, -0.05) is 55.0 Å². The maximum absolute atomic E-state index is 6.12. The Balaban J connectivity index is 2.11. The molecule has 1 aliphatic carbocycles. The van der Waals surface area contributed by atoms with Gasteiger partial charge in [-0.2, -0.15) is 0 Å². The Morgan fingerprint density at radius 1 is 0.947 bits per heavy atom. The number of nitrogens with two attached hydrogens (primary N) is 1. The minimum Gasteiger partial charge on any atom is -0.324 e. The summed E-state index contributed by atoms with van der Waals surface area (Å²) in [6.45, 7) is 2.06. The zero-order valence-corrected chi connectivity index (χ0v) is 11.5. The number of rotatable bonds is 3. The smallest absolute Gasteiger partial charge is 0.0272 e. The first-order chi connectivity index (χ1) is 9.27. The van der Waals surface area contributed by atoms with Crippen molar-refractivity contribution in [2.24, 2.45) is 5.73 Å². The summed E-state index contributed by atoms with van der Waals surface area (Å²) >= 11 is 0. The highest BCUT2D eigenvalue weighted by molar-refractivity contribution is 5.72. The van der Waals surface area contributed by atoms with Gasteiger partial charge in [0.05, 0.1) is 0 Å². The lowest BCUT2D eigenvalue weighted by Gasteiger charge is -2.28. The lowest BCUT2D eigenvalue weighted by atomic mass is 9.76. The van der Waals surface area contributed by atoms with Crippen molar-refractivity contribution in [3.05, 3.63) is 59.7 Å². The molecule has 1 unspecified atom stereocenters. The summed E-state index contributed by atoms with van der Waals surface area (Å²) < 4.78 is 0. The molecule has 2 N–H and O–H groups in total. The molecule has 98 valence electrons. The summed E-state index contributed by atoms with van der Waals surface area (Å²) in [6.07, 6.45) is 4.03. The number of hydrogen-bond acceptors (Lipinski definition) is 1. The van der Waals surface area contributed by atoms with Crippen molar-refractivity contribution in [2.75, 3.05) is 0 Å². The molecular formula is C18H21N. The van der Waals surface area contributed by atoms with Gasteiger partial charge in [0.25, 0.3) is 0 Å². The molecule has 3 rings (SSSR count). The fourth-order valence-electron chi connectivity index (χ4n) is 2.96. The molecule has 0 aromatic heterocycles. The summed E-state index contributed by atoms with van der Waals surface area (Å²) in [5.41, 5.74) is 11.6. The highest BCUT2D eigenvalue weighted by Crippen LogP contribution is 2.42. The third-order valence-electron chi connectivity index (χ3n) is 4.25. The van der Waals surface area contributed by atoms with Crippen LogP contribution >= 0.6 is 0 Å². The summed E-state index contributed by atoms with van der Waals surface area (Å²) in [5.74, 6) is 0.748. The van der Waals surface area contributed by atoms with Crippen LogP contribution < -0.4 is 5.73 Å². The minimum atomic E-state index is 0.0747. The molecule has 0 aliphatic heterocycles. The molecule has 0 saturated heterocycles.